The third-order valence-corrected chi connectivity index (χ3v) is 4.94. The van der Waals surface area contributed by atoms with Gasteiger partial charge >= 0.3 is 0 Å². The van der Waals surface area contributed by atoms with Crippen LogP contribution in [-0.4, -0.2) is 54.1 Å². The lowest BCUT2D eigenvalue weighted by molar-refractivity contribution is -0.132. The topological polar surface area (TPSA) is 57.7 Å². The van der Waals surface area contributed by atoms with E-state index in [9.17, 15) is 14.4 Å². The molecular formula is C21H40N2O3. The van der Waals surface area contributed by atoms with E-state index < -0.39 is 0 Å². The monoisotopic (exact) mass is 368 g/mol. The van der Waals surface area contributed by atoms with Gasteiger partial charge in [-0.05, 0) is 39.5 Å². The molecule has 0 fully saturated rings. The zero-order valence-electron chi connectivity index (χ0n) is 17.8. The van der Waals surface area contributed by atoms with Gasteiger partial charge in [0, 0.05) is 51.9 Å². The van der Waals surface area contributed by atoms with Crippen LogP contribution in [0.15, 0.2) is 0 Å². The molecule has 0 N–H and O–H groups in total. The summed E-state index contributed by atoms with van der Waals surface area (Å²) in [6.07, 6.45) is 7.22. The van der Waals surface area contributed by atoms with Gasteiger partial charge in [-0.3, -0.25) is 14.4 Å². The quantitative estimate of drug-likeness (QED) is 0.435. The van der Waals surface area contributed by atoms with E-state index >= 15 is 0 Å². The summed E-state index contributed by atoms with van der Waals surface area (Å²) in [4.78, 5) is 39.1. The van der Waals surface area contributed by atoms with Gasteiger partial charge in [0.15, 0.2) is 0 Å². The maximum Gasteiger partial charge on any atom is 0.222 e. The zero-order chi connectivity index (χ0) is 20.1. The summed E-state index contributed by atoms with van der Waals surface area (Å²) in [6.45, 7) is 8.64. The molecule has 5 heteroatoms. The van der Waals surface area contributed by atoms with E-state index in [0.29, 0.717) is 25.0 Å². The number of amides is 2. The highest BCUT2D eigenvalue weighted by atomic mass is 16.2. The molecule has 5 nitrogen and oxygen atoms in total. The number of hydrogen-bond acceptors (Lipinski definition) is 3. The number of carbonyl (C=O) groups excluding carboxylic acids is 3. The first kappa shape index (κ1) is 24.6. The van der Waals surface area contributed by atoms with E-state index in [1.165, 1.54) is 0 Å². The molecule has 0 saturated carbocycles. The Morgan fingerprint density at radius 2 is 1.19 bits per heavy atom. The largest absolute Gasteiger partial charge is 0.346 e. The average molecular weight is 369 g/mol. The highest BCUT2D eigenvalue weighted by molar-refractivity contribution is 5.80. The molecule has 0 rings (SSSR count). The highest BCUT2D eigenvalue weighted by Crippen LogP contribution is 2.10. The zero-order valence-corrected chi connectivity index (χ0v) is 17.8. The summed E-state index contributed by atoms with van der Waals surface area (Å²) < 4.78 is 0. The van der Waals surface area contributed by atoms with Gasteiger partial charge in [0.25, 0.3) is 0 Å². The van der Waals surface area contributed by atoms with Crippen molar-refractivity contribution in [3.63, 3.8) is 0 Å². The average Bonchev–Trinajstić information content (AvgIpc) is 2.59. The fourth-order valence-corrected chi connectivity index (χ4v) is 2.62. The molecule has 0 aliphatic heterocycles. The Kier molecular flexibility index (Phi) is 13.0. The summed E-state index contributed by atoms with van der Waals surface area (Å²) in [6, 6.07) is 0.245. The summed E-state index contributed by atoms with van der Waals surface area (Å²) in [5.74, 6) is 0.798. The third-order valence-electron chi connectivity index (χ3n) is 4.94. The van der Waals surface area contributed by atoms with E-state index in [0.717, 1.165) is 45.1 Å². The lowest BCUT2D eigenvalue weighted by Crippen LogP contribution is -2.32. The number of carbonyl (C=O) groups is 3. The minimum atomic E-state index is 0.115. The first-order valence-electron chi connectivity index (χ1n) is 10.2. The van der Waals surface area contributed by atoms with Crippen molar-refractivity contribution in [1.29, 1.82) is 0 Å². The van der Waals surface area contributed by atoms with Crippen molar-refractivity contribution < 1.29 is 14.4 Å². The standard InChI is InChI=1S/C21H40N2O3/c1-17(2)19(24)13-9-7-10-14-20(25)22(5)16-12-8-11-15-21(26)23(6)18(3)4/h17-18H,7-16H2,1-6H3. The fraction of sp³-hybridized carbons (Fsp3) is 0.857. The van der Waals surface area contributed by atoms with Crippen LogP contribution in [0.5, 0.6) is 0 Å². The first-order valence-corrected chi connectivity index (χ1v) is 10.2. The van der Waals surface area contributed by atoms with Crippen LogP contribution in [0.2, 0.25) is 0 Å². The van der Waals surface area contributed by atoms with Gasteiger partial charge in [0.2, 0.25) is 11.8 Å². The van der Waals surface area contributed by atoms with Crippen molar-refractivity contribution in [2.75, 3.05) is 20.6 Å². The second-order valence-electron chi connectivity index (χ2n) is 7.91. The summed E-state index contributed by atoms with van der Waals surface area (Å²) in [5.41, 5.74) is 0. The molecule has 0 aromatic heterocycles. The van der Waals surface area contributed by atoms with E-state index in [2.05, 4.69) is 0 Å². The SMILES string of the molecule is CC(C)C(=O)CCCCCC(=O)N(C)CCCCCC(=O)N(C)C(C)C. The molecule has 0 radical (unpaired) electrons. The van der Waals surface area contributed by atoms with Crippen LogP contribution < -0.4 is 0 Å². The number of unbranched alkanes of at least 4 members (excludes halogenated alkanes) is 4. The number of rotatable bonds is 14. The van der Waals surface area contributed by atoms with Gasteiger partial charge < -0.3 is 9.80 Å². The summed E-state index contributed by atoms with van der Waals surface area (Å²) in [7, 11) is 3.69. The second-order valence-corrected chi connectivity index (χ2v) is 7.91. The molecule has 152 valence electrons. The van der Waals surface area contributed by atoms with E-state index in [4.69, 9.17) is 0 Å². The van der Waals surface area contributed by atoms with Crippen molar-refractivity contribution in [1.82, 2.24) is 9.80 Å². The van der Waals surface area contributed by atoms with Crippen molar-refractivity contribution in [2.45, 2.75) is 91.5 Å². The summed E-state index contributed by atoms with van der Waals surface area (Å²) >= 11 is 0. The third kappa shape index (κ3) is 11.3. The Hall–Kier alpha value is -1.39. The Labute approximate surface area is 160 Å². The molecule has 0 unspecified atom stereocenters. The van der Waals surface area contributed by atoms with Crippen molar-refractivity contribution >= 4 is 17.6 Å². The van der Waals surface area contributed by atoms with Gasteiger partial charge in [-0.1, -0.05) is 26.7 Å². The van der Waals surface area contributed by atoms with Crippen LogP contribution in [-0.2, 0) is 14.4 Å². The molecular weight excluding hydrogens is 328 g/mol. The number of hydrogen-bond donors (Lipinski definition) is 0. The van der Waals surface area contributed by atoms with Gasteiger partial charge in [-0.15, -0.1) is 0 Å². The number of Topliss-reactive ketones (excluding diaryl/α,β-unsaturated/α-hetero) is 1. The van der Waals surface area contributed by atoms with Crippen LogP contribution >= 0.6 is 0 Å². The van der Waals surface area contributed by atoms with Crippen molar-refractivity contribution in [3.8, 4) is 0 Å². The predicted octanol–water partition coefficient (Wildman–Crippen LogP) is 4.05. The number of ketones is 1. The van der Waals surface area contributed by atoms with Crippen LogP contribution in [0.25, 0.3) is 0 Å². The van der Waals surface area contributed by atoms with Gasteiger partial charge in [-0.25, -0.2) is 0 Å². The normalized spacial score (nSPS) is 11.1. The molecule has 0 heterocycles. The van der Waals surface area contributed by atoms with E-state index in [1.54, 1.807) is 9.80 Å². The maximum absolute atomic E-state index is 12.1. The molecule has 0 aliphatic rings. The summed E-state index contributed by atoms with van der Waals surface area (Å²) in [5, 5.41) is 0. The Bertz CT molecular complexity index is 433. The molecule has 0 atom stereocenters. The predicted molar refractivity (Wildman–Crippen MR) is 107 cm³/mol. The molecule has 0 spiro atoms. The van der Waals surface area contributed by atoms with Crippen LogP contribution in [0, 0.1) is 5.92 Å². The van der Waals surface area contributed by atoms with Crippen molar-refractivity contribution in [2.24, 2.45) is 5.92 Å². The second kappa shape index (κ2) is 13.8. The number of nitrogens with zero attached hydrogens (tertiary/aromatic N) is 2. The lowest BCUT2D eigenvalue weighted by Gasteiger charge is -2.21. The fourth-order valence-electron chi connectivity index (χ4n) is 2.62. The molecule has 0 saturated heterocycles. The first-order chi connectivity index (χ1) is 12.2. The van der Waals surface area contributed by atoms with Gasteiger partial charge in [-0.2, -0.15) is 0 Å². The maximum atomic E-state index is 12.1. The molecule has 0 aromatic rings. The van der Waals surface area contributed by atoms with Gasteiger partial charge in [0.1, 0.15) is 5.78 Å². The van der Waals surface area contributed by atoms with Gasteiger partial charge in [0.05, 0.1) is 0 Å². The highest BCUT2D eigenvalue weighted by Gasteiger charge is 2.12. The van der Waals surface area contributed by atoms with E-state index in [1.807, 2.05) is 41.8 Å². The minimum Gasteiger partial charge on any atom is -0.346 e. The Morgan fingerprint density at radius 3 is 1.73 bits per heavy atom. The van der Waals surface area contributed by atoms with E-state index in [-0.39, 0.29) is 23.8 Å². The minimum absolute atomic E-state index is 0.115. The molecule has 2 amide bonds. The smallest absolute Gasteiger partial charge is 0.222 e. The van der Waals surface area contributed by atoms with Crippen LogP contribution in [0.1, 0.15) is 85.5 Å². The molecule has 0 aliphatic carbocycles. The van der Waals surface area contributed by atoms with Crippen molar-refractivity contribution in [3.05, 3.63) is 0 Å². The molecule has 26 heavy (non-hydrogen) atoms. The Morgan fingerprint density at radius 1 is 0.692 bits per heavy atom. The Balaban J connectivity index is 3.71. The lowest BCUT2D eigenvalue weighted by atomic mass is 10.0. The molecule has 0 bridgehead atoms. The molecule has 0 aromatic carbocycles. The van der Waals surface area contributed by atoms with Crippen LogP contribution in [0.3, 0.4) is 0 Å². The van der Waals surface area contributed by atoms with Crippen LogP contribution in [0.4, 0.5) is 0 Å².